The lowest BCUT2D eigenvalue weighted by Gasteiger charge is -2.00. The van der Waals surface area contributed by atoms with Gasteiger partial charge >= 0.3 is 0 Å². The number of aryl methyl sites for hydroxylation is 2. The largest absolute Gasteiger partial charge is 0.344 e. The van der Waals surface area contributed by atoms with E-state index in [2.05, 4.69) is 61.9 Å². The van der Waals surface area contributed by atoms with Gasteiger partial charge in [-0.3, -0.25) is 0 Å². The third-order valence-electron chi connectivity index (χ3n) is 2.94. The minimum absolute atomic E-state index is 1.08. The van der Waals surface area contributed by atoms with Gasteiger partial charge in [-0.05, 0) is 31.1 Å². The first-order valence-corrected chi connectivity index (χ1v) is 5.48. The van der Waals surface area contributed by atoms with Crippen molar-refractivity contribution >= 4 is 17.0 Å². The molecule has 2 aromatic rings. The van der Waals surface area contributed by atoms with Gasteiger partial charge in [0.25, 0.3) is 0 Å². The second-order valence-corrected chi connectivity index (χ2v) is 3.79. The quantitative estimate of drug-likeness (QED) is 0.693. The van der Waals surface area contributed by atoms with E-state index in [9.17, 15) is 0 Å². The maximum atomic E-state index is 2.27. The Morgan fingerprint density at radius 2 is 2.00 bits per heavy atom. The van der Waals surface area contributed by atoms with Gasteiger partial charge in [0.2, 0.25) is 0 Å². The molecule has 0 aliphatic rings. The van der Waals surface area contributed by atoms with Crippen LogP contribution in [0.25, 0.3) is 17.0 Å². The van der Waals surface area contributed by atoms with Crippen molar-refractivity contribution in [3.63, 3.8) is 0 Å². The summed E-state index contributed by atoms with van der Waals surface area (Å²) in [5.74, 6) is 0. The first-order chi connectivity index (χ1) is 7.29. The van der Waals surface area contributed by atoms with Crippen LogP contribution in [0.15, 0.2) is 30.3 Å². The molecule has 0 saturated carbocycles. The van der Waals surface area contributed by atoms with Crippen LogP contribution in [0, 0.1) is 0 Å². The van der Waals surface area contributed by atoms with Crippen LogP contribution in [0.1, 0.15) is 25.1 Å². The van der Waals surface area contributed by atoms with E-state index < -0.39 is 0 Å². The van der Waals surface area contributed by atoms with Crippen molar-refractivity contribution in [3.8, 4) is 0 Å². The lowest BCUT2D eigenvalue weighted by Crippen LogP contribution is -1.91. The highest BCUT2D eigenvalue weighted by Gasteiger charge is 2.09. The van der Waals surface area contributed by atoms with Crippen LogP contribution in [0.5, 0.6) is 0 Å². The predicted octanol–water partition coefficient (Wildman–Crippen LogP) is 3.77. The van der Waals surface area contributed by atoms with Crippen LogP contribution in [0.3, 0.4) is 0 Å². The van der Waals surface area contributed by atoms with Gasteiger partial charge in [-0.25, -0.2) is 0 Å². The number of hydrogen-bond acceptors (Lipinski definition) is 0. The van der Waals surface area contributed by atoms with Crippen molar-refractivity contribution in [1.82, 2.24) is 4.57 Å². The average molecular weight is 199 g/mol. The highest BCUT2D eigenvalue weighted by Crippen LogP contribution is 2.26. The molecule has 1 nitrogen and oxygen atoms in total. The fourth-order valence-electron chi connectivity index (χ4n) is 2.23. The molecule has 1 heteroatoms. The van der Waals surface area contributed by atoms with E-state index in [1.54, 1.807) is 0 Å². The molecule has 1 heterocycles. The smallest absolute Gasteiger partial charge is 0.0485 e. The van der Waals surface area contributed by atoms with Gasteiger partial charge in [-0.2, -0.15) is 0 Å². The van der Waals surface area contributed by atoms with E-state index >= 15 is 0 Å². The molecule has 0 aliphatic carbocycles. The number of aromatic nitrogens is 1. The summed E-state index contributed by atoms with van der Waals surface area (Å²) in [5, 5.41) is 1.38. The molecule has 0 saturated heterocycles. The van der Waals surface area contributed by atoms with E-state index in [-0.39, 0.29) is 0 Å². The Hall–Kier alpha value is -1.50. The summed E-state index contributed by atoms with van der Waals surface area (Å²) in [6.45, 7) is 4.28. The first-order valence-electron chi connectivity index (χ1n) is 5.48. The van der Waals surface area contributed by atoms with Gasteiger partial charge in [-0.1, -0.05) is 31.2 Å². The lowest BCUT2D eigenvalue weighted by atomic mass is 10.1. The molecule has 0 amide bonds. The Labute approximate surface area is 91.0 Å². The van der Waals surface area contributed by atoms with Gasteiger partial charge in [0.05, 0.1) is 0 Å². The molecule has 2 rings (SSSR count). The number of fused-ring (bicyclic) bond motifs is 1. The summed E-state index contributed by atoms with van der Waals surface area (Å²) in [5.41, 5.74) is 4.11. The molecule has 0 fully saturated rings. The molecule has 0 unspecified atom stereocenters. The molecule has 1 aromatic heterocycles. The number of hydrogen-bond donors (Lipinski definition) is 0. The molecule has 0 radical (unpaired) electrons. The van der Waals surface area contributed by atoms with E-state index in [1.165, 1.54) is 22.2 Å². The zero-order chi connectivity index (χ0) is 10.8. The maximum absolute atomic E-state index is 2.27. The Kier molecular flexibility index (Phi) is 2.63. The second-order valence-electron chi connectivity index (χ2n) is 3.79. The van der Waals surface area contributed by atoms with Gasteiger partial charge in [0.1, 0.15) is 0 Å². The second kappa shape index (κ2) is 3.93. The van der Waals surface area contributed by atoms with Crippen LogP contribution in [-0.2, 0) is 13.5 Å². The van der Waals surface area contributed by atoms with Crippen LogP contribution in [-0.4, -0.2) is 4.57 Å². The minimum Gasteiger partial charge on any atom is -0.344 e. The Morgan fingerprint density at radius 3 is 2.67 bits per heavy atom. The first kappa shape index (κ1) is 10.0. The molecular weight excluding hydrogens is 182 g/mol. The van der Waals surface area contributed by atoms with Crippen LogP contribution in [0.2, 0.25) is 0 Å². The number of nitrogens with zero attached hydrogens (tertiary/aromatic N) is 1. The van der Waals surface area contributed by atoms with E-state index in [0.717, 1.165) is 6.42 Å². The summed E-state index contributed by atoms with van der Waals surface area (Å²) in [4.78, 5) is 0. The molecule has 78 valence electrons. The molecule has 1 aromatic carbocycles. The fourth-order valence-corrected chi connectivity index (χ4v) is 2.23. The molecule has 0 spiro atoms. The Morgan fingerprint density at radius 1 is 1.27 bits per heavy atom. The van der Waals surface area contributed by atoms with Crippen molar-refractivity contribution in [1.29, 1.82) is 0 Å². The topological polar surface area (TPSA) is 4.93 Å². The third-order valence-corrected chi connectivity index (χ3v) is 2.94. The van der Waals surface area contributed by atoms with Crippen molar-refractivity contribution in [3.05, 3.63) is 41.6 Å². The highest BCUT2D eigenvalue weighted by molar-refractivity contribution is 5.88. The third kappa shape index (κ3) is 1.48. The van der Waals surface area contributed by atoms with E-state index in [4.69, 9.17) is 0 Å². The van der Waals surface area contributed by atoms with Crippen molar-refractivity contribution < 1.29 is 0 Å². The summed E-state index contributed by atoms with van der Waals surface area (Å²) in [7, 11) is 2.14. The SMILES string of the molecule is C/C=C\c1c(CC)c2ccccc2n1C. The number of allylic oxidation sites excluding steroid dienone is 1. The number of para-hydroxylation sites is 1. The van der Waals surface area contributed by atoms with Crippen LogP contribution >= 0.6 is 0 Å². The Balaban J connectivity index is 2.84. The number of benzene rings is 1. The summed E-state index contributed by atoms with van der Waals surface area (Å²) in [6.07, 6.45) is 5.38. The summed E-state index contributed by atoms with van der Waals surface area (Å²) in [6, 6.07) is 8.60. The lowest BCUT2D eigenvalue weighted by molar-refractivity contribution is 0.938. The highest BCUT2D eigenvalue weighted by atomic mass is 14.9. The zero-order valence-corrected chi connectivity index (χ0v) is 9.62. The predicted molar refractivity (Wildman–Crippen MR) is 67.0 cm³/mol. The molecule has 15 heavy (non-hydrogen) atoms. The minimum atomic E-state index is 1.08. The standard InChI is InChI=1S/C14H17N/c1-4-8-13-11(5-2)12-9-6-7-10-14(12)15(13)3/h4,6-10H,5H2,1-3H3/b8-4-. The monoisotopic (exact) mass is 199 g/mol. The molecule has 0 N–H and O–H groups in total. The van der Waals surface area contributed by atoms with Gasteiger partial charge in [-0.15, -0.1) is 0 Å². The van der Waals surface area contributed by atoms with E-state index in [1.807, 2.05) is 0 Å². The van der Waals surface area contributed by atoms with Crippen molar-refractivity contribution in [2.75, 3.05) is 0 Å². The average Bonchev–Trinajstić information content (AvgIpc) is 2.54. The van der Waals surface area contributed by atoms with Gasteiger partial charge in [0.15, 0.2) is 0 Å². The van der Waals surface area contributed by atoms with Crippen LogP contribution < -0.4 is 0 Å². The molecule has 0 aliphatic heterocycles. The van der Waals surface area contributed by atoms with E-state index in [0.29, 0.717) is 0 Å². The molecular formula is C14H17N. The molecule has 0 bridgehead atoms. The van der Waals surface area contributed by atoms with Crippen molar-refractivity contribution in [2.45, 2.75) is 20.3 Å². The molecule has 0 atom stereocenters. The van der Waals surface area contributed by atoms with Gasteiger partial charge < -0.3 is 4.57 Å². The zero-order valence-electron chi connectivity index (χ0n) is 9.62. The van der Waals surface area contributed by atoms with Crippen LogP contribution in [0.4, 0.5) is 0 Å². The summed E-state index contributed by atoms with van der Waals surface area (Å²) < 4.78 is 2.27. The fraction of sp³-hybridized carbons (Fsp3) is 0.286. The van der Waals surface area contributed by atoms with Crippen molar-refractivity contribution in [2.24, 2.45) is 7.05 Å². The summed E-state index contributed by atoms with van der Waals surface area (Å²) >= 11 is 0. The Bertz CT molecular complexity index is 503. The maximum Gasteiger partial charge on any atom is 0.0485 e. The number of rotatable bonds is 2. The normalized spacial score (nSPS) is 11.7. The van der Waals surface area contributed by atoms with Gasteiger partial charge in [0, 0.05) is 23.6 Å².